The van der Waals surface area contributed by atoms with E-state index in [1.165, 1.54) is 37.8 Å². The van der Waals surface area contributed by atoms with E-state index in [9.17, 15) is 0 Å². The standard InChI is InChI=1S/C15H26N2O/c1-3-10-17(4-2)13-8-9-14-12(11-13)6-5-7-15(14)16-18/h13,18H,3-11H2,1-2H3/b16-15-. The fraction of sp³-hybridized carbons (Fsp3) is 0.800. The molecule has 0 fully saturated rings. The number of oxime groups is 1. The van der Waals surface area contributed by atoms with Crippen molar-refractivity contribution >= 4 is 5.71 Å². The smallest absolute Gasteiger partial charge is 0.0827 e. The van der Waals surface area contributed by atoms with Crippen LogP contribution in [0.25, 0.3) is 0 Å². The van der Waals surface area contributed by atoms with Gasteiger partial charge in [0.2, 0.25) is 0 Å². The van der Waals surface area contributed by atoms with Gasteiger partial charge in [0.1, 0.15) is 0 Å². The lowest BCUT2D eigenvalue weighted by Gasteiger charge is -2.37. The molecule has 0 aliphatic heterocycles. The van der Waals surface area contributed by atoms with E-state index in [1.807, 2.05) is 0 Å². The van der Waals surface area contributed by atoms with Crippen LogP contribution < -0.4 is 0 Å². The molecule has 0 radical (unpaired) electrons. The van der Waals surface area contributed by atoms with Crippen LogP contribution in [0.5, 0.6) is 0 Å². The summed E-state index contributed by atoms with van der Waals surface area (Å²) in [6, 6.07) is 0.715. The topological polar surface area (TPSA) is 35.8 Å². The quantitative estimate of drug-likeness (QED) is 0.611. The highest BCUT2D eigenvalue weighted by molar-refractivity contribution is 6.01. The third kappa shape index (κ3) is 2.77. The van der Waals surface area contributed by atoms with Crippen LogP contribution in [-0.4, -0.2) is 35.0 Å². The monoisotopic (exact) mass is 250 g/mol. The predicted octanol–water partition coefficient (Wildman–Crippen LogP) is 3.58. The number of hydrogen-bond acceptors (Lipinski definition) is 3. The van der Waals surface area contributed by atoms with Crippen molar-refractivity contribution in [1.82, 2.24) is 4.90 Å². The molecule has 0 spiro atoms. The van der Waals surface area contributed by atoms with E-state index >= 15 is 0 Å². The Morgan fingerprint density at radius 2 is 2.11 bits per heavy atom. The molecular formula is C15H26N2O. The largest absolute Gasteiger partial charge is 0.411 e. The van der Waals surface area contributed by atoms with Crippen molar-refractivity contribution in [3.05, 3.63) is 11.1 Å². The maximum Gasteiger partial charge on any atom is 0.0827 e. The Balaban J connectivity index is 2.09. The highest BCUT2D eigenvalue weighted by atomic mass is 16.4. The van der Waals surface area contributed by atoms with Crippen molar-refractivity contribution in [3.63, 3.8) is 0 Å². The molecule has 2 aliphatic carbocycles. The van der Waals surface area contributed by atoms with Gasteiger partial charge in [-0.1, -0.05) is 24.6 Å². The third-order valence-electron chi connectivity index (χ3n) is 4.43. The van der Waals surface area contributed by atoms with Gasteiger partial charge >= 0.3 is 0 Å². The molecule has 102 valence electrons. The van der Waals surface area contributed by atoms with Crippen LogP contribution in [0.4, 0.5) is 0 Å². The van der Waals surface area contributed by atoms with Crippen LogP contribution in [0.2, 0.25) is 0 Å². The van der Waals surface area contributed by atoms with E-state index in [2.05, 4.69) is 23.9 Å². The van der Waals surface area contributed by atoms with Gasteiger partial charge in [-0.05, 0) is 63.6 Å². The summed E-state index contributed by atoms with van der Waals surface area (Å²) in [6.45, 7) is 6.89. The minimum Gasteiger partial charge on any atom is -0.411 e. The Hall–Kier alpha value is -0.830. The molecule has 3 heteroatoms. The molecule has 2 rings (SSSR count). The third-order valence-corrected chi connectivity index (χ3v) is 4.43. The average molecular weight is 250 g/mol. The Morgan fingerprint density at radius 3 is 2.78 bits per heavy atom. The molecule has 0 amide bonds. The maximum absolute atomic E-state index is 9.08. The van der Waals surface area contributed by atoms with E-state index in [0.29, 0.717) is 6.04 Å². The Morgan fingerprint density at radius 1 is 1.28 bits per heavy atom. The van der Waals surface area contributed by atoms with Crippen molar-refractivity contribution in [3.8, 4) is 0 Å². The summed E-state index contributed by atoms with van der Waals surface area (Å²) in [6.07, 6.45) is 8.11. The molecule has 1 atom stereocenters. The van der Waals surface area contributed by atoms with Gasteiger partial charge in [0.05, 0.1) is 5.71 Å². The van der Waals surface area contributed by atoms with E-state index < -0.39 is 0 Å². The fourth-order valence-electron chi connectivity index (χ4n) is 3.53. The second kappa shape index (κ2) is 6.37. The maximum atomic E-state index is 9.08. The SMILES string of the molecule is CCCN(CC)C1CCC2=C(CCC/C2=N/O)C1. The summed E-state index contributed by atoms with van der Waals surface area (Å²) in [5, 5.41) is 12.6. The molecule has 2 aliphatic rings. The second-order valence-corrected chi connectivity index (χ2v) is 5.51. The first kappa shape index (κ1) is 13.6. The van der Waals surface area contributed by atoms with Gasteiger partial charge in [-0.3, -0.25) is 0 Å². The van der Waals surface area contributed by atoms with Crippen LogP contribution in [0, 0.1) is 0 Å². The highest BCUT2D eigenvalue weighted by Crippen LogP contribution is 2.36. The molecule has 0 aromatic carbocycles. The van der Waals surface area contributed by atoms with E-state index in [0.717, 1.165) is 31.5 Å². The first-order valence-electron chi connectivity index (χ1n) is 7.46. The lowest BCUT2D eigenvalue weighted by atomic mass is 9.78. The van der Waals surface area contributed by atoms with E-state index in [4.69, 9.17) is 5.21 Å². The first-order chi connectivity index (χ1) is 8.80. The van der Waals surface area contributed by atoms with E-state index in [1.54, 1.807) is 5.57 Å². The number of rotatable bonds is 4. The van der Waals surface area contributed by atoms with Crippen LogP contribution in [0.3, 0.4) is 0 Å². The lowest BCUT2D eigenvalue weighted by Crippen LogP contribution is -2.38. The minimum atomic E-state index is 0.715. The first-order valence-corrected chi connectivity index (χ1v) is 7.46. The zero-order valence-corrected chi connectivity index (χ0v) is 11.8. The Kier molecular flexibility index (Phi) is 4.81. The van der Waals surface area contributed by atoms with Gasteiger partial charge in [-0.2, -0.15) is 0 Å². The number of nitrogens with zero attached hydrogens (tertiary/aromatic N) is 2. The van der Waals surface area contributed by atoms with Crippen molar-refractivity contribution < 1.29 is 5.21 Å². The summed E-state index contributed by atoms with van der Waals surface area (Å²) in [5.41, 5.74) is 3.92. The van der Waals surface area contributed by atoms with Crippen molar-refractivity contribution in [1.29, 1.82) is 0 Å². The van der Waals surface area contributed by atoms with Crippen molar-refractivity contribution in [2.75, 3.05) is 13.1 Å². The normalized spacial score (nSPS) is 26.8. The fourth-order valence-corrected chi connectivity index (χ4v) is 3.53. The highest BCUT2D eigenvalue weighted by Gasteiger charge is 2.28. The van der Waals surface area contributed by atoms with Gasteiger partial charge in [0.25, 0.3) is 0 Å². The van der Waals surface area contributed by atoms with E-state index in [-0.39, 0.29) is 0 Å². The van der Waals surface area contributed by atoms with Gasteiger partial charge in [0, 0.05) is 6.04 Å². The van der Waals surface area contributed by atoms with Gasteiger partial charge in [-0.25, -0.2) is 0 Å². The average Bonchev–Trinajstić information content (AvgIpc) is 2.43. The van der Waals surface area contributed by atoms with Crippen LogP contribution in [-0.2, 0) is 0 Å². The summed E-state index contributed by atoms with van der Waals surface area (Å²) in [5.74, 6) is 0. The van der Waals surface area contributed by atoms with Crippen molar-refractivity contribution in [2.45, 2.75) is 64.8 Å². The molecule has 0 aromatic rings. The van der Waals surface area contributed by atoms with Crippen LogP contribution in [0.15, 0.2) is 16.3 Å². The second-order valence-electron chi connectivity index (χ2n) is 5.51. The van der Waals surface area contributed by atoms with Gasteiger partial charge in [0.15, 0.2) is 0 Å². The summed E-state index contributed by atoms with van der Waals surface area (Å²) in [7, 11) is 0. The molecule has 0 aromatic heterocycles. The van der Waals surface area contributed by atoms with Crippen LogP contribution >= 0.6 is 0 Å². The van der Waals surface area contributed by atoms with Gasteiger partial charge < -0.3 is 10.1 Å². The molecule has 0 saturated heterocycles. The molecule has 0 heterocycles. The Labute approximate surface area is 111 Å². The Bertz CT molecular complexity index is 346. The molecule has 1 unspecified atom stereocenters. The molecule has 1 N–H and O–H groups in total. The van der Waals surface area contributed by atoms with Gasteiger partial charge in [-0.15, -0.1) is 0 Å². The minimum absolute atomic E-state index is 0.715. The molecule has 18 heavy (non-hydrogen) atoms. The van der Waals surface area contributed by atoms with Crippen LogP contribution in [0.1, 0.15) is 58.8 Å². The summed E-state index contributed by atoms with van der Waals surface area (Å²) < 4.78 is 0. The zero-order valence-electron chi connectivity index (χ0n) is 11.8. The lowest BCUT2D eigenvalue weighted by molar-refractivity contribution is 0.188. The molecular weight excluding hydrogens is 224 g/mol. The number of allylic oxidation sites excluding steroid dienone is 1. The molecule has 3 nitrogen and oxygen atoms in total. The number of hydrogen-bond donors (Lipinski definition) is 1. The predicted molar refractivity (Wildman–Crippen MR) is 75.3 cm³/mol. The molecule has 0 bridgehead atoms. The van der Waals surface area contributed by atoms with Crippen molar-refractivity contribution in [2.24, 2.45) is 5.16 Å². The summed E-state index contributed by atoms with van der Waals surface area (Å²) >= 11 is 0. The molecule has 0 saturated carbocycles. The zero-order chi connectivity index (χ0) is 13.0. The summed E-state index contributed by atoms with van der Waals surface area (Å²) in [4.78, 5) is 2.62.